The maximum Gasteiger partial charge on any atom is 0.411 e. The summed E-state index contributed by atoms with van der Waals surface area (Å²) in [6.07, 6.45) is -1.35. The standard InChI is InChI=1S/C10H17N3O5S2/c14-7(13-10(17)18)2-1-6(12-9(16)5-20)3-11-8(15)4-19/h6,19-20H,1-5H2,(H,11,15)(H,12,16)(H,13,14)(H,17,18). The molecule has 0 radical (unpaired) electrons. The van der Waals surface area contributed by atoms with Crippen molar-refractivity contribution >= 4 is 49.1 Å². The van der Waals surface area contributed by atoms with Crippen molar-refractivity contribution in [3.8, 4) is 0 Å². The quantitative estimate of drug-likeness (QED) is 0.320. The van der Waals surface area contributed by atoms with E-state index in [0.29, 0.717) is 0 Å². The second-order valence-corrected chi connectivity index (χ2v) is 4.41. The normalized spacial score (nSPS) is 11.3. The molecule has 1 atom stereocenters. The summed E-state index contributed by atoms with van der Waals surface area (Å²) in [6.45, 7) is 0.124. The van der Waals surface area contributed by atoms with Crippen LogP contribution in [0.3, 0.4) is 0 Å². The first kappa shape index (κ1) is 18.6. The van der Waals surface area contributed by atoms with E-state index >= 15 is 0 Å². The summed E-state index contributed by atoms with van der Waals surface area (Å²) in [4.78, 5) is 43.8. The van der Waals surface area contributed by atoms with E-state index in [1.165, 1.54) is 0 Å². The largest absolute Gasteiger partial charge is 0.465 e. The Bertz CT molecular complexity index is 378. The van der Waals surface area contributed by atoms with E-state index < -0.39 is 18.0 Å². The number of carbonyl (C=O) groups is 4. The minimum Gasteiger partial charge on any atom is -0.465 e. The molecule has 0 spiro atoms. The Morgan fingerprint density at radius 3 is 2.10 bits per heavy atom. The van der Waals surface area contributed by atoms with Gasteiger partial charge in [-0.2, -0.15) is 25.3 Å². The Morgan fingerprint density at radius 2 is 1.60 bits per heavy atom. The number of thiol groups is 2. The summed E-state index contributed by atoms with van der Waals surface area (Å²) in [5, 5.41) is 15.2. The van der Waals surface area contributed by atoms with E-state index in [9.17, 15) is 19.2 Å². The fourth-order valence-corrected chi connectivity index (χ4v) is 1.48. The van der Waals surface area contributed by atoms with Gasteiger partial charge in [0.2, 0.25) is 17.7 Å². The molecular formula is C10H17N3O5S2. The van der Waals surface area contributed by atoms with Gasteiger partial charge in [0, 0.05) is 19.0 Å². The smallest absolute Gasteiger partial charge is 0.411 e. The van der Waals surface area contributed by atoms with Gasteiger partial charge in [-0.15, -0.1) is 0 Å². The number of imide groups is 1. The van der Waals surface area contributed by atoms with Gasteiger partial charge >= 0.3 is 6.09 Å². The zero-order chi connectivity index (χ0) is 15.5. The Kier molecular flexibility index (Phi) is 9.64. The Hall–Kier alpha value is -1.42. The van der Waals surface area contributed by atoms with Gasteiger partial charge in [0.15, 0.2) is 0 Å². The highest BCUT2D eigenvalue weighted by atomic mass is 32.1. The number of nitrogens with one attached hydrogen (secondary N) is 3. The highest BCUT2D eigenvalue weighted by Crippen LogP contribution is 1.98. The van der Waals surface area contributed by atoms with Gasteiger partial charge in [-0.3, -0.25) is 19.7 Å². The maximum atomic E-state index is 11.2. The van der Waals surface area contributed by atoms with Gasteiger partial charge in [0.25, 0.3) is 0 Å². The molecule has 4 N–H and O–H groups in total. The van der Waals surface area contributed by atoms with Crippen LogP contribution >= 0.6 is 25.3 Å². The summed E-state index contributed by atoms with van der Waals surface area (Å²) < 4.78 is 0. The average Bonchev–Trinajstić information content (AvgIpc) is 2.40. The van der Waals surface area contributed by atoms with Crippen molar-refractivity contribution in [3.05, 3.63) is 0 Å². The van der Waals surface area contributed by atoms with E-state index in [2.05, 4.69) is 35.9 Å². The van der Waals surface area contributed by atoms with E-state index in [0.717, 1.165) is 0 Å². The summed E-state index contributed by atoms with van der Waals surface area (Å²) in [6, 6.07) is -0.488. The molecule has 0 aromatic rings. The van der Waals surface area contributed by atoms with Crippen LogP contribution in [0.25, 0.3) is 0 Å². The number of carboxylic acid groups (broad SMARTS) is 1. The minimum absolute atomic E-state index is 0.00668. The minimum atomic E-state index is -1.44. The summed E-state index contributed by atoms with van der Waals surface area (Å²) >= 11 is 7.59. The molecule has 0 saturated heterocycles. The Morgan fingerprint density at radius 1 is 1.00 bits per heavy atom. The predicted octanol–water partition coefficient (Wildman–Crippen LogP) is -0.979. The fourth-order valence-electron chi connectivity index (χ4n) is 1.28. The lowest BCUT2D eigenvalue weighted by Gasteiger charge is -2.18. The molecule has 0 aliphatic rings. The van der Waals surface area contributed by atoms with Gasteiger partial charge in [-0.25, -0.2) is 4.79 Å². The Labute approximate surface area is 126 Å². The summed E-state index contributed by atoms with van der Waals surface area (Å²) in [7, 11) is 0. The summed E-state index contributed by atoms with van der Waals surface area (Å²) in [5.74, 6) is -1.36. The van der Waals surface area contributed by atoms with Gasteiger partial charge in [0.1, 0.15) is 0 Å². The zero-order valence-electron chi connectivity index (χ0n) is 10.6. The first-order valence-corrected chi connectivity index (χ1v) is 6.96. The molecule has 0 saturated carbocycles. The molecule has 8 nitrogen and oxygen atoms in total. The fraction of sp³-hybridized carbons (Fsp3) is 0.600. The molecule has 0 aliphatic carbocycles. The first-order valence-electron chi connectivity index (χ1n) is 5.69. The molecule has 0 aromatic carbocycles. The molecule has 0 aliphatic heterocycles. The molecule has 0 rings (SSSR count). The van der Waals surface area contributed by atoms with Crippen molar-refractivity contribution in [3.63, 3.8) is 0 Å². The van der Waals surface area contributed by atoms with Gasteiger partial charge in [0.05, 0.1) is 11.5 Å². The van der Waals surface area contributed by atoms with Crippen molar-refractivity contribution in [2.45, 2.75) is 18.9 Å². The predicted molar refractivity (Wildman–Crippen MR) is 78.0 cm³/mol. The van der Waals surface area contributed by atoms with Crippen LogP contribution in [0.1, 0.15) is 12.8 Å². The van der Waals surface area contributed by atoms with E-state index in [1.54, 1.807) is 5.32 Å². The van der Waals surface area contributed by atoms with Crippen LogP contribution in [-0.2, 0) is 14.4 Å². The van der Waals surface area contributed by atoms with Crippen molar-refractivity contribution in [2.24, 2.45) is 0 Å². The number of hydrogen-bond donors (Lipinski definition) is 6. The van der Waals surface area contributed by atoms with Crippen molar-refractivity contribution in [1.82, 2.24) is 16.0 Å². The van der Waals surface area contributed by atoms with Crippen molar-refractivity contribution in [2.75, 3.05) is 18.1 Å². The molecule has 0 heterocycles. The first-order chi connectivity index (χ1) is 9.38. The maximum absolute atomic E-state index is 11.2. The number of amides is 4. The summed E-state index contributed by atoms with van der Waals surface area (Å²) in [5.41, 5.74) is 0. The van der Waals surface area contributed by atoms with Gasteiger partial charge < -0.3 is 15.7 Å². The van der Waals surface area contributed by atoms with Crippen molar-refractivity contribution < 1.29 is 24.3 Å². The molecule has 0 fully saturated rings. The van der Waals surface area contributed by atoms with Crippen LogP contribution in [0.15, 0.2) is 0 Å². The SMILES string of the molecule is O=C(O)NC(=O)CCC(CNC(=O)CS)NC(=O)CS. The lowest BCUT2D eigenvalue weighted by molar-refractivity contribution is -0.122. The molecule has 20 heavy (non-hydrogen) atoms. The molecule has 4 amide bonds. The second-order valence-electron chi connectivity index (χ2n) is 3.78. The highest BCUT2D eigenvalue weighted by molar-refractivity contribution is 7.81. The van der Waals surface area contributed by atoms with Crippen LogP contribution in [0.5, 0.6) is 0 Å². The highest BCUT2D eigenvalue weighted by Gasteiger charge is 2.15. The lowest BCUT2D eigenvalue weighted by atomic mass is 10.1. The van der Waals surface area contributed by atoms with Crippen LogP contribution in [0, 0.1) is 0 Å². The molecule has 114 valence electrons. The number of rotatable bonds is 8. The third-order valence-electron chi connectivity index (χ3n) is 2.16. The Balaban J connectivity index is 4.29. The number of carbonyl (C=O) groups excluding carboxylic acids is 3. The monoisotopic (exact) mass is 323 g/mol. The van der Waals surface area contributed by atoms with Crippen molar-refractivity contribution in [1.29, 1.82) is 0 Å². The second kappa shape index (κ2) is 10.4. The molecule has 1 unspecified atom stereocenters. The van der Waals surface area contributed by atoms with Crippen LogP contribution < -0.4 is 16.0 Å². The third kappa shape index (κ3) is 9.50. The molecule has 0 aromatic heterocycles. The topological polar surface area (TPSA) is 125 Å². The van der Waals surface area contributed by atoms with Crippen LogP contribution in [-0.4, -0.2) is 53.0 Å². The van der Waals surface area contributed by atoms with E-state index in [4.69, 9.17) is 5.11 Å². The van der Waals surface area contributed by atoms with Gasteiger partial charge in [-0.1, -0.05) is 0 Å². The van der Waals surface area contributed by atoms with Crippen LogP contribution in [0.2, 0.25) is 0 Å². The molecule has 0 bridgehead atoms. The zero-order valence-corrected chi connectivity index (χ0v) is 12.4. The molecular weight excluding hydrogens is 306 g/mol. The number of hydrogen-bond acceptors (Lipinski definition) is 6. The average molecular weight is 323 g/mol. The third-order valence-corrected chi connectivity index (χ3v) is 2.74. The lowest BCUT2D eigenvalue weighted by Crippen LogP contribution is -2.45. The molecule has 10 heteroatoms. The van der Waals surface area contributed by atoms with E-state index in [-0.39, 0.29) is 42.7 Å². The van der Waals surface area contributed by atoms with Crippen LogP contribution in [0.4, 0.5) is 4.79 Å². The van der Waals surface area contributed by atoms with E-state index in [1.807, 2.05) is 0 Å². The van der Waals surface area contributed by atoms with Gasteiger partial charge in [-0.05, 0) is 6.42 Å².